The Morgan fingerprint density at radius 1 is 1.29 bits per heavy atom. The van der Waals surface area contributed by atoms with Gasteiger partial charge in [-0.15, -0.1) is 5.10 Å². The fourth-order valence-corrected chi connectivity index (χ4v) is 1.66. The Morgan fingerprint density at radius 2 is 2.00 bits per heavy atom. The topological polar surface area (TPSA) is 63.8 Å². The number of tetrazole rings is 1. The first-order chi connectivity index (χ1) is 6.75. The summed E-state index contributed by atoms with van der Waals surface area (Å²) in [5.41, 5.74) is 0. The van der Waals surface area contributed by atoms with Gasteiger partial charge in [-0.2, -0.15) is 0 Å². The molecule has 0 unspecified atom stereocenters. The molecule has 72 valence electrons. The molecule has 0 aliphatic heterocycles. The van der Waals surface area contributed by atoms with Crippen LogP contribution in [0, 0.1) is 0 Å². The van der Waals surface area contributed by atoms with Gasteiger partial charge in [0.15, 0.2) is 0 Å². The Kier molecular flexibility index (Phi) is 2.36. The third-order valence-corrected chi connectivity index (χ3v) is 2.66. The number of aromatic hydroxyl groups is 1. The fraction of sp³-hybridized carbons (Fsp3) is 0.125. The molecule has 1 N–H and O–H groups in total. The third kappa shape index (κ3) is 1.85. The average molecular weight is 208 g/mol. The molecule has 0 radical (unpaired) electrons. The summed E-state index contributed by atoms with van der Waals surface area (Å²) in [6.45, 7) is 0. The van der Waals surface area contributed by atoms with E-state index in [0.29, 0.717) is 0 Å². The van der Waals surface area contributed by atoms with Crippen molar-refractivity contribution in [3.63, 3.8) is 0 Å². The van der Waals surface area contributed by atoms with Crippen LogP contribution in [0.1, 0.15) is 0 Å². The summed E-state index contributed by atoms with van der Waals surface area (Å²) < 4.78 is 1.59. The van der Waals surface area contributed by atoms with E-state index in [9.17, 15) is 0 Å². The second kappa shape index (κ2) is 3.67. The first-order valence-electron chi connectivity index (χ1n) is 3.95. The van der Waals surface area contributed by atoms with Gasteiger partial charge in [-0.1, -0.05) is 0 Å². The number of benzene rings is 1. The Labute approximate surface area is 84.8 Å². The van der Waals surface area contributed by atoms with Gasteiger partial charge in [0, 0.05) is 11.9 Å². The highest BCUT2D eigenvalue weighted by Gasteiger charge is 2.03. The van der Waals surface area contributed by atoms with Gasteiger partial charge in [-0.05, 0) is 46.5 Å². The van der Waals surface area contributed by atoms with Gasteiger partial charge < -0.3 is 5.11 Å². The number of hydrogen-bond acceptors (Lipinski definition) is 5. The Bertz CT molecular complexity index is 425. The van der Waals surface area contributed by atoms with E-state index in [1.807, 2.05) is 12.1 Å². The SMILES string of the molecule is Cn1nnnc1Sc1ccc(O)cc1. The molecule has 1 heterocycles. The normalized spacial score (nSPS) is 10.4. The van der Waals surface area contributed by atoms with Crippen molar-refractivity contribution >= 4 is 11.8 Å². The molecular weight excluding hydrogens is 200 g/mol. The minimum Gasteiger partial charge on any atom is -0.508 e. The smallest absolute Gasteiger partial charge is 0.213 e. The number of hydrogen-bond donors (Lipinski definition) is 1. The van der Waals surface area contributed by atoms with E-state index in [4.69, 9.17) is 5.11 Å². The van der Waals surface area contributed by atoms with Crippen LogP contribution in [-0.4, -0.2) is 25.3 Å². The number of aromatic nitrogens is 4. The quantitative estimate of drug-likeness (QED) is 0.799. The summed E-state index contributed by atoms with van der Waals surface area (Å²) in [6, 6.07) is 6.89. The van der Waals surface area contributed by atoms with Crippen LogP contribution in [0.15, 0.2) is 34.3 Å². The van der Waals surface area contributed by atoms with Crippen molar-refractivity contribution in [2.24, 2.45) is 7.05 Å². The molecule has 0 spiro atoms. The van der Waals surface area contributed by atoms with Crippen molar-refractivity contribution in [1.82, 2.24) is 20.2 Å². The van der Waals surface area contributed by atoms with E-state index in [1.165, 1.54) is 11.8 Å². The number of rotatable bonds is 2. The van der Waals surface area contributed by atoms with E-state index in [2.05, 4.69) is 15.5 Å². The van der Waals surface area contributed by atoms with E-state index in [-0.39, 0.29) is 5.75 Å². The lowest BCUT2D eigenvalue weighted by Gasteiger charge is -1.98. The van der Waals surface area contributed by atoms with Gasteiger partial charge in [-0.3, -0.25) is 0 Å². The molecule has 0 amide bonds. The first-order valence-corrected chi connectivity index (χ1v) is 4.76. The predicted molar refractivity (Wildman–Crippen MR) is 51.0 cm³/mol. The number of aryl methyl sites for hydroxylation is 1. The minimum atomic E-state index is 0.255. The van der Waals surface area contributed by atoms with E-state index < -0.39 is 0 Å². The van der Waals surface area contributed by atoms with Crippen LogP contribution in [0.2, 0.25) is 0 Å². The first kappa shape index (κ1) is 9.01. The number of nitrogens with zero attached hydrogens (tertiary/aromatic N) is 4. The lowest BCUT2D eigenvalue weighted by Crippen LogP contribution is -1.92. The van der Waals surface area contributed by atoms with Crippen molar-refractivity contribution in [2.75, 3.05) is 0 Å². The summed E-state index contributed by atoms with van der Waals surface area (Å²) in [4.78, 5) is 0.987. The molecule has 0 saturated carbocycles. The second-order valence-electron chi connectivity index (χ2n) is 2.68. The van der Waals surface area contributed by atoms with Crippen LogP contribution in [0.4, 0.5) is 0 Å². The maximum atomic E-state index is 9.08. The highest BCUT2D eigenvalue weighted by Crippen LogP contribution is 2.25. The van der Waals surface area contributed by atoms with Crippen LogP contribution in [0.25, 0.3) is 0 Å². The molecule has 0 bridgehead atoms. The van der Waals surface area contributed by atoms with Gasteiger partial charge in [0.25, 0.3) is 0 Å². The monoisotopic (exact) mass is 208 g/mol. The van der Waals surface area contributed by atoms with Gasteiger partial charge >= 0.3 is 0 Å². The zero-order valence-electron chi connectivity index (χ0n) is 7.45. The second-order valence-corrected chi connectivity index (χ2v) is 3.72. The zero-order chi connectivity index (χ0) is 9.97. The molecule has 0 atom stereocenters. The summed E-state index contributed by atoms with van der Waals surface area (Å²) in [5.74, 6) is 0.255. The number of phenolic OH excluding ortho intramolecular Hbond substituents is 1. The minimum absolute atomic E-state index is 0.255. The molecule has 5 nitrogen and oxygen atoms in total. The van der Waals surface area contributed by atoms with Crippen molar-refractivity contribution < 1.29 is 5.11 Å². The fourth-order valence-electron chi connectivity index (χ4n) is 0.927. The van der Waals surface area contributed by atoms with E-state index in [1.54, 1.807) is 23.9 Å². The molecule has 14 heavy (non-hydrogen) atoms. The lowest BCUT2D eigenvalue weighted by molar-refractivity contribution is 0.475. The van der Waals surface area contributed by atoms with Crippen molar-refractivity contribution in [2.45, 2.75) is 10.1 Å². The maximum Gasteiger partial charge on any atom is 0.213 e. The molecule has 2 aromatic rings. The maximum absolute atomic E-state index is 9.08. The molecule has 0 aliphatic carbocycles. The van der Waals surface area contributed by atoms with Gasteiger partial charge in [0.1, 0.15) is 5.75 Å². The number of phenols is 1. The van der Waals surface area contributed by atoms with Crippen molar-refractivity contribution in [1.29, 1.82) is 0 Å². The van der Waals surface area contributed by atoms with Gasteiger partial charge in [0.2, 0.25) is 5.16 Å². The molecule has 1 aromatic heterocycles. The summed E-state index contributed by atoms with van der Waals surface area (Å²) in [7, 11) is 1.78. The largest absolute Gasteiger partial charge is 0.508 e. The van der Waals surface area contributed by atoms with Crippen LogP contribution >= 0.6 is 11.8 Å². The van der Waals surface area contributed by atoms with Crippen LogP contribution in [0.3, 0.4) is 0 Å². The van der Waals surface area contributed by atoms with Gasteiger partial charge in [-0.25, -0.2) is 4.68 Å². The molecule has 2 rings (SSSR count). The van der Waals surface area contributed by atoms with Crippen molar-refractivity contribution in [3.8, 4) is 5.75 Å². The highest BCUT2D eigenvalue weighted by atomic mass is 32.2. The third-order valence-electron chi connectivity index (χ3n) is 1.63. The molecule has 6 heteroatoms. The van der Waals surface area contributed by atoms with E-state index in [0.717, 1.165) is 10.1 Å². The predicted octanol–water partition coefficient (Wildman–Crippen LogP) is 1.07. The van der Waals surface area contributed by atoms with Gasteiger partial charge in [0.05, 0.1) is 0 Å². The summed E-state index contributed by atoms with van der Waals surface area (Å²) in [5, 5.41) is 20.9. The van der Waals surface area contributed by atoms with Crippen LogP contribution in [0.5, 0.6) is 5.75 Å². The molecule has 0 aliphatic rings. The Hall–Kier alpha value is -1.56. The molecule has 1 aromatic carbocycles. The molecule has 0 fully saturated rings. The van der Waals surface area contributed by atoms with Crippen LogP contribution < -0.4 is 0 Å². The molecule has 0 saturated heterocycles. The zero-order valence-corrected chi connectivity index (χ0v) is 8.27. The van der Waals surface area contributed by atoms with Crippen LogP contribution in [-0.2, 0) is 7.05 Å². The summed E-state index contributed by atoms with van der Waals surface area (Å²) in [6.07, 6.45) is 0. The Balaban J connectivity index is 2.19. The molecular formula is C8H8N4OS. The average Bonchev–Trinajstić information content (AvgIpc) is 2.56. The lowest BCUT2D eigenvalue weighted by atomic mass is 10.3. The Morgan fingerprint density at radius 3 is 2.57 bits per heavy atom. The van der Waals surface area contributed by atoms with E-state index >= 15 is 0 Å². The highest BCUT2D eigenvalue weighted by molar-refractivity contribution is 7.99. The van der Waals surface area contributed by atoms with Crippen molar-refractivity contribution in [3.05, 3.63) is 24.3 Å². The summed E-state index contributed by atoms with van der Waals surface area (Å²) >= 11 is 1.45. The standard InChI is InChI=1S/C8H8N4OS/c1-12-8(9-10-11-12)14-7-4-2-6(13)3-5-7/h2-5,13H,1H3.